The molecule has 0 heterocycles. The minimum absolute atomic E-state index is 0.148. The highest BCUT2D eigenvalue weighted by molar-refractivity contribution is 5.98. The number of unbranched alkanes of at least 4 members (excludes halogenated alkanes) is 1. The van der Waals surface area contributed by atoms with Crippen LogP contribution in [0.3, 0.4) is 0 Å². The van der Waals surface area contributed by atoms with Crippen LogP contribution in [-0.2, 0) is 14.3 Å². The standard InChI is InChI=1S/C14H23NO3/c1-6-7-8-18-13(17)10(2)9-11(12(15)16)14(3,4)5/h9H,2,6-8H2,1,3-5H3,(H2,15,16)/b11-9+. The average molecular weight is 253 g/mol. The first kappa shape index (κ1) is 16.4. The summed E-state index contributed by atoms with van der Waals surface area (Å²) in [5.74, 6) is -1.06. The second-order valence-corrected chi connectivity index (χ2v) is 5.19. The van der Waals surface area contributed by atoms with Gasteiger partial charge in [0.1, 0.15) is 0 Å². The van der Waals surface area contributed by atoms with Crippen molar-refractivity contribution in [3.63, 3.8) is 0 Å². The summed E-state index contributed by atoms with van der Waals surface area (Å²) in [6, 6.07) is 0. The van der Waals surface area contributed by atoms with E-state index in [4.69, 9.17) is 10.5 Å². The number of carbonyl (C=O) groups excluding carboxylic acids is 2. The summed E-state index contributed by atoms with van der Waals surface area (Å²) in [6.45, 7) is 11.5. The lowest BCUT2D eigenvalue weighted by Crippen LogP contribution is -2.25. The first-order valence-corrected chi connectivity index (χ1v) is 6.08. The van der Waals surface area contributed by atoms with E-state index in [0.717, 1.165) is 12.8 Å². The van der Waals surface area contributed by atoms with Crippen molar-refractivity contribution >= 4 is 11.9 Å². The minimum Gasteiger partial charge on any atom is -0.462 e. The summed E-state index contributed by atoms with van der Waals surface area (Å²) >= 11 is 0. The third kappa shape index (κ3) is 5.66. The molecule has 0 unspecified atom stereocenters. The van der Waals surface area contributed by atoms with E-state index in [-0.39, 0.29) is 5.57 Å². The zero-order chi connectivity index (χ0) is 14.3. The molecule has 4 nitrogen and oxygen atoms in total. The largest absolute Gasteiger partial charge is 0.462 e. The molecule has 0 aromatic heterocycles. The second kappa shape index (κ2) is 6.99. The fraction of sp³-hybridized carbons (Fsp3) is 0.571. The summed E-state index contributed by atoms with van der Waals surface area (Å²) in [5, 5.41) is 0. The van der Waals surface area contributed by atoms with Gasteiger partial charge in [-0.1, -0.05) is 40.7 Å². The normalized spacial score (nSPS) is 12.1. The maximum atomic E-state index is 11.6. The van der Waals surface area contributed by atoms with Gasteiger partial charge < -0.3 is 10.5 Å². The summed E-state index contributed by atoms with van der Waals surface area (Å²) in [5.41, 5.74) is 5.37. The quantitative estimate of drug-likeness (QED) is 0.342. The zero-order valence-corrected chi connectivity index (χ0v) is 11.7. The number of nitrogens with two attached hydrogens (primary N) is 1. The molecule has 0 saturated heterocycles. The highest BCUT2D eigenvalue weighted by atomic mass is 16.5. The molecule has 0 rings (SSSR count). The minimum atomic E-state index is -0.551. The van der Waals surface area contributed by atoms with Gasteiger partial charge in [0.15, 0.2) is 0 Å². The van der Waals surface area contributed by atoms with E-state index in [1.54, 1.807) is 0 Å². The Morgan fingerprint density at radius 1 is 1.33 bits per heavy atom. The van der Waals surface area contributed by atoms with Gasteiger partial charge in [-0.05, 0) is 17.9 Å². The Hall–Kier alpha value is -1.58. The monoisotopic (exact) mass is 253 g/mol. The average Bonchev–Trinajstić information content (AvgIpc) is 2.23. The lowest BCUT2D eigenvalue weighted by atomic mass is 9.85. The van der Waals surface area contributed by atoms with Crippen LogP contribution in [0.4, 0.5) is 0 Å². The molecule has 0 spiro atoms. The van der Waals surface area contributed by atoms with Crippen molar-refractivity contribution in [1.29, 1.82) is 0 Å². The number of amides is 1. The third-order valence-corrected chi connectivity index (χ3v) is 2.39. The molecular formula is C14H23NO3. The van der Waals surface area contributed by atoms with Crippen LogP contribution in [0.2, 0.25) is 0 Å². The molecule has 0 radical (unpaired) electrons. The molecule has 0 aliphatic carbocycles. The van der Waals surface area contributed by atoms with Crippen LogP contribution in [0, 0.1) is 5.41 Å². The van der Waals surface area contributed by atoms with Gasteiger partial charge in [-0.2, -0.15) is 0 Å². The summed E-state index contributed by atoms with van der Waals surface area (Å²) in [7, 11) is 0. The molecule has 1 amide bonds. The molecule has 0 saturated carbocycles. The molecule has 18 heavy (non-hydrogen) atoms. The van der Waals surface area contributed by atoms with Crippen molar-refractivity contribution < 1.29 is 14.3 Å². The van der Waals surface area contributed by atoms with Crippen LogP contribution < -0.4 is 5.73 Å². The highest BCUT2D eigenvalue weighted by Crippen LogP contribution is 2.25. The summed E-state index contributed by atoms with van der Waals surface area (Å²) in [4.78, 5) is 22.9. The van der Waals surface area contributed by atoms with E-state index in [1.165, 1.54) is 6.08 Å². The summed E-state index contributed by atoms with van der Waals surface area (Å²) < 4.78 is 5.00. The van der Waals surface area contributed by atoms with Crippen molar-refractivity contribution in [3.8, 4) is 0 Å². The van der Waals surface area contributed by atoms with Gasteiger partial charge in [0.25, 0.3) is 0 Å². The first-order chi connectivity index (χ1) is 8.20. The van der Waals surface area contributed by atoms with Crippen molar-refractivity contribution in [2.24, 2.45) is 11.1 Å². The molecule has 0 aromatic carbocycles. The lowest BCUT2D eigenvalue weighted by molar-refractivity contribution is -0.138. The molecule has 0 atom stereocenters. The molecule has 0 fully saturated rings. The number of hydrogen-bond acceptors (Lipinski definition) is 3. The predicted molar refractivity (Wildman–Crippen MR) is 71.7 cm³/mol. The van der Waals surface area contributed by atoms with Crippen LogP contribution in [0.1, 0.15) is 40.5 Å². The maximum Gasteiger partial charge on any atom is 0.337 e. The fourth-order valence-corrected chi connectivity index (χ4v) is 1.29. The van der Waals surface area contributed by atoms with Crippen molar-refractivity contribution in [2.75, 3.05) is 6.61 Å². The molecule has 0 aliphatic rings. The van der Waals surface area contributed by atoms with Crippen LogP contribution in [-0.4, -0.2) is 18.5 Å². The van der Waals surface area contributed by atoms with Crippen molar-refractivity contribution in [2.45, 2.75) is 40.5 Å². The van der Waals surface area contributed by atoms with Crippen LogP contribution in [0.25, 0.3) is 0 Å². The summed E-state index contributed by atoms with van der Waals surface area (Å²) in [6.07, 6.45) is 3.17. The topological polar surface area (TPSA) is 69.4 Å². The van der Waals surface area contributed by atoms with Crippen LogP contribution in [0.5, 0.6) is 0 Å². The van der Waals surface area contributed by atoms with Gasteiger partial charge in [-0.3, -0.25) is 4.79 Å². The number of ether oxygens (including phenoxy) is 1. The Balaban J connectivity index is 4.77. The highest BCUT2D eigenvalue weighted by Gasteiger charge is 2.23. The first-order valence-electron chi connectivity index (χ1n) is 6.08. The Morgan fingerprint density at radius 3 is 2.28 bits per heavy atom. The van der Waals surface area contributed by atoms with Crippen molar-refractivity contribution in [3.05, 3.63) is 23.8 Å². The molecule has 4 heteroatoms. The maximum absolute atomic E-state index is 11.6. The second-order valence-electron chi connectivity index (χ2n) is 5.19. The van der Waals surface area contributed by atoms with Crippen molar-refractivity contribution in [1.82, 2.24) is 0 Å². The van der Waals surface area contributed by atoms with Gasteiger partial charge in [0, 0.05) is 5.57 Å². The lowest BCUT2D eigenvalue weighted by Gasteiger charge is -2.20. The zero-order valence-electron chi connectivity index (χ0n) is 11.7. The number of carbonyl (C=O) groups is 2. The van der Waals surface area contributed by atoms with Gasteiger partial charge in [0.05, 0.1) is 12.2 Å². The Labute approximate surface area is 109 Å². The number of rotatable bonds is 6. The molecular weight excluding hydrogens is 230 g/mol. The van der Waals surface area contributed by atoms with Gasteiger partial charge in [-0.15, -0.1) is 0 Å². The van der Waals surface area contributed by atoms with E-state index in [0.29, 0.717) is 12.2 Å². The third-order valence-electron chi connectivity index (χ3n) is 2.39. The molecule has 0 bridgehead atoms. The molecule has 0 aromatic rings. The Kier molecular flexibility index (Phi) is 6.37. The van der Waals surface area contributed by atoms with Crippen LogP contribution >= 0.6 is 0 Å². The fourth-order valence-electron chi connectivity index (χ4n) is 1.29. The smallest absolute Gasteiger partial charge is 0.337 e. The predicted octanol–water partition coefficient (Wildman–Crippen LogP) is 2.34. The van der Waals surface area contributed by atoms with Gasteiger partial charge in [0.2, 0.25) is 5.91 Å². The SMILES string of the molecule is C=C(/C=C(\C(N)=O)C(C)(C)C)C(=O)OCCCC. The molecule has 0 aliphatic heterocycles. The van der Waals surface area contributed by atoms with Gasteiger partial charge >= 0.3 is 5.97 Å². The van der Waals surface area contributed by atoms with E-state index < -0.39 is 17.3 Å². The molecule has 102 valence electrons. The number of esters is 1. The molecule has 2 N–H and O–H groups in total. The van der Waals surface area contributed by atoms with E-state index in [1.807, 2.05) is 27.7 Å². The van der Waals surface area contributed by atoms with E-state index in [9.17, 15) is 9.59 Å². The van der Waals surface area contributed by atoms with Crippen LogP contribution in [0.15, 0.2) is 23.8 Å². The Morgan fingerprint density at radius 2 is 1.89 bits per heavy atom. The number of hydrogen-bond donors (Lipinski definition) is 1. The van der Waals surface area contributed by atoms with E-state index >= 15 is 0 Å². The Bertz CT molecular complexity index is 362. The number of primary amides is 1. The van der Waals surface area contributed by atoms with Gasteiger partial charge in [-0.25, -0.2) is 4.79 Å². The van der Waals surface area contributed by atoms with E-state index in [2.05, 4.69) is 6.58 Å².